The Balaban J connectivity index is 0.000000326. The molecule has 2 aromatic rings. The van der Waals surface area contributed by atoms with Crippen LogP contribution in [0.4, 0.5) is 8.78 Å². The average molecular weight is 404 g/mol. The van der Waals surface area contributed by atoms with E-state index in [0.29, 0.717) is 17.5 Å². The lowest BCUT2D eigenvalue weighted by molar-refractivity contribution is -0.114. The lowest BCUT2D eigenvalue weighted by Gasteiger charge is -2.07. The SMILES string of the molecule is Cc1ccc(C(=O)O)cc1C.N/C=C(F)\C=C(/COc1ccc(F)cc1)C(N)=O. The largest absolute Gasteiger partial charge is 0.489 e. The number of ether oxygens (including phenoxy) is 1. The smallest absolute Gasteiger partial charge is 0.335 e. The summed E-state index contributed by atoms with van der Waals surface area (Å²) in [7, 11) is 0. The zero-order valence-corrected chi connectivity index (χ0v) is 16.0. The van der Waals surface area contributed by atoms with Gasteiger partial charge in [0, 0.05) is 6.20 Å². The molecular formula is C21H22F2N2O4. The van der Waals surface area contributed by atoms with Crippen LogP contribution in [-0.2, 0) is 4.79 Å². The Labute approximate surface area is 167 Å². The van der Waals surface area contributed by atoms with Crippen molar-refractivity contribution in [1.82, 2.24) is 0 Å². The maximum absolute atomic E-state index is 12.9. The molecule has 2 aromatic carbocycles. The highest BCUT2D eigenvalue weighted by molar-refractivity contribution is 5.92. The van der Waals surface area contributed by atoms with E-state index in [1.807, 2.05) is 19.9 Å². The van der Waals surface area contributed by atoms with Crippen LogP contribution < -0.4 is 16.2 Å². The summed E-state index contributed by atoms with van der Waals surface area (Å²) in [4.78, 5) is 21.5. The minimum absolute atomic E-state index is 0.0847. The van der Waals surface area contributed by atoms with Gasteiger partial charge in [-0.1, -0.05) is 6.07 Å². The first-order valence-electron chi connectivity index (χ1n) is 8.40. The number of aryl methyl sites for hydroxylation is 2. The van der Waals surface area contributed by atoms with Crippen LogP contribution in [0.15, 0.2) is 66.1 Å². The summed E-state index contributed by atoms with van der Waals surface area (Å²) < 4.78 is 30.6. The van der Waals surface area contributed by atoms with E-state index in [1.165, 1.54) is 24.3 Å². The summed E-state index contributed by atoms with van der Waals surface area (Å²) >= 11 is 0. The van der Waals surface area contributed by atoms with Gasteiger partial charge in [0.2, 0.25) is 5.91 Å². The maximum Gasteiger partial charge on any atom is 0.335 e. The first-order valence-corrected chi connectivity index (χ1v) is 8.40. The van der Waals surface area contributed by atoms with Gasteiger partial charge in [0.1, 0.15) is 24.0 Å². The number of carboxylic acids is 1. The molecule has 154 valence electrons. The summed E-state index contributed by atoms with van der Waals surface area (Å²) in [6, 6.07) is 10.3. The van der Waals surface area contributed by atoms with E-state index in [9.17, 15) is 18.4 Å². The second-order valence-electron chi connectivity index (χ2n) is 5.93. The van der Waals surface area contributed by atoms with Crippen LogP contribution in [0, 0.1) is 19.7 Å². The van der Waals surface area contributed by atoms with Crippen molar-refractivity contribution in [3.63, 3.8) is 0 Å². The number of nitrogens with two attached hydrogens (primary N) is 2. The minimum atomic E-state index is -0.867. The van der Waals surface area contributed by atoms with Crippen LogP contribution in [-0.4, -0.2) is 23.6 Å². The fourth-order valence-electron chi connectivity index (χ4n) is 1.96. The van der Waals surface area contributed by atoms with E-state index < -0.39 is 23.5 Å². The fraction of sp³-hybridized carbons (Fsp3) is 0.143. The van der Waals surface area contributed by atoms with Crippen LogP contribution >= 0.6 is 0 Å². The molecule has 0 aromatic heterocycles. The third-order valence-electron chi connectivity index (χ3n) is 3.75. The molecule has 0 saturated heterocycles. The van der Waals surface area contributed by atoms with Gasteiger partial charge in [0.15, 0.2) is 0 Å². The number of primary amides is 1. The Morgan fingerprint density at radius 2 is 1.72 bits per heavy atom. The van der Waals surface area contributed by atoms with Crippen molar-refractivity contribution >= 4 is 11.9 Å². The molecule has 0 radical (unpaired) electrons. The number of aromatic carboxylic acids is 1. The molecule has 0 aliphatic carbocycles. The second kappa shape index (κ2) is 11.2. The number of allylic oxidation sites excluding steroid dienone is 2. The van der Waals surface area contributed by atoms with Crippen molar-refractivity contribution < 1.29 is 28.2 Å². The van der Waals surface area contributed by atoms with Crippen molar-refractivity contribution in [1.29, 1.82) is 0 Å². The highest BCUT2D eigenvalue weighted by Gasteiger charge is 2.07. The number of carbonyl (C=O) groups excluding carboxylic acids is 1. The van der Waals surface area contributed by atoms with Gasteiger partial charge in [-0.15, -0.1) is 0 Å². The summed E-state index contributed by atoms with van der Waals surface area (Å²) in [5, 5.41) is 8.60. The lowest BCUT2D eigenvalue weighted by Crippen LogP contribution is -2.19. The van der Waals surface area contributed by atoms with Crippen LogP contribution in [0.2, 0.25) is 0 Å². The van der Waals surface area contributed by atoms with E-state index in [2.05, 4.69) is 0 Å². The quantitative estimate of drug-likeness (QED) is 0.504. The first kappa shape index (κ1) is 23.4. The molecular weight excluding hydrogens is 382 g/mol. The van der Waals surface area contributed by atoms with Gasteiger partial charge in [-0.3, -0.25) is 4.79 Å². The van der Waals surface area contributed by atoms with Gasteiger partial charge in [-0.2, -0.15) is 0 Å². The number of halogens is 2. The third-order valence-corrected chi connectivity index (χ3v) is 3.75. The molecule has 0 spiro atoms. The zero-order valence-electron chi connectivity index (χ0n) is 16.0. The number of carbonyl (C=O) groups is 2. The number of rotatable bonds is 6. The molecule has 2 rings (SSSR count). The van der Waals surface area contributed by atoms with Crippen LogP contribution in [0.3, 0.4) is 0 Å². The number of carboxylic acid groups (broad SMARTS) is 1. The molecule has 29 heavy (non-hydrogen) atoms. The number of hydrogen-bond acceptors (Lipinski definition) is 4. The second-order valence-corrected chi connectivity index (χ2v) is 5.93. The first-order chi connectivity index (χ1) is 13.6. The molecule has 0 heterocycles. The monoisotopic (exact) mass is 404 g/mol. The lowest BCUT2D eigenvalue weighted by atomic mass is 10.1. The molecule has 1 amide bonds. The van der Waals surface area contributed by atoms with Crippen LogP contribution in [0.1, 0.15) is 21.5 Å². The zero-order chi connectivity index (χ0) is 22.0. The van der Waals surface area contributed by atoms with Crippen molar-refractivity contribution in [3.05, 3.63) is 88.6 Å². The van der Waals surface area contributed by atoms with Crippen molar-refractivity contribution in [2.45, 2.75) is 13.8 Å². The van der Waals surface area contributed by atoms with Crippen molar-refractivity contribution in [2.75, 3.05) is 6.61 Å². The molecule has 0 unspecified atom stereocenters. The van der Waals surface area contributed by atoms with Gasteiger partial charge in [-0.25, -0.2) is 13.6 Å². The molecule has 6 nitrogen and oxygen atoms in total. The Bertz CT molecular complexity index is 923. The predicted molar refractivity (Wildman–Crippen MR) is 105 cm³/mol. The summed E-state index contributed by atoms with van der Waals surface area (Å²) in [6.45, 7) is 3.63. The molecule has 0 atom stereocenters. The van der Waals surface area contributed by atoms with Gasteiger partial charge in [0.25, 0.3) is 0 Å². The molecule has 8 heteroatoms. The molecule has 0 saturated carbocycles. The molecule has 0 fully saturated rings. The van der Waals surface area contributed by atoms with E-state index in [0.717, 1.165) is 17.2 Å². The molecule has 0 aliphatic rings. The number of benzene rings is 2. The van der Waals surface area contributed by atoms with E-state index in [-0.39, 0.29) is 12.2 Å². The molecule has 0 aliphatic heterocycles. The summed E-state index contributed by atoms with van der Waals surface area (Å²) in [5.74, 6) is -2.57. The normalized spacial score (nSPS) is 11.3. The van der Waals surface area contributed by atoms with Gasteiger partial charge in [-0.05, 0) is 67.4 Å². The number of amides is 1. The van der Waals surface area contributed by atoms with Crippen molar-refractivity contribution in [2.24, 2.45) is 11.5 Å². The fourth-order valence-corrected chi connectivity index (χ4v) is 1.96. The maximum atomic E-state index is 12.9. The Morgan fingerprint density at radius 3 is 2.21 bits per heavy atom. The van der Waals surface area contributed by atoms with Gasteiger partial charge < -0.3 is 21.3 Å². The van der Waals surface area contributed by atoms with E-state index >= 15 is 0 Å². The standard InChI is InChI=1S/C12H12F2N2O2.C9H10O2/c13-9-1-3-11(4-2-9)18-7-8(12(16)17)5-10(14)6-15;1-6-3-4-8(9(10)11)5-7(6)2/h1-6H,7,15H2,(H2,16,17);3-5H,1-2H3,(H,10,11)/b8-5+,10-6+;. The van der Waals surface area contributed by atoms with E-state index in [1.54, 1.807) is 12.1 Å². The Kier molecular flexibility index (Phi) is 9.04. The number of hydrogen-bond donors (Lipinski definition) is 3. The highest BCUT2D eigenvalue weighted by Crippen LogP contribution is 2.13. The molecule has 0 bridgehead atoms. The van der Waals surface area contributed by atoms with Crippen molar-refractivity contribution in [3.8, 4) is 5.75 Å². The van der Waals surface area contributed by atoms with E-state index in [4.69, 9.17) is 21.3 Å². The summed E-state index contributed by atoms with van der Waals surface area (Å²) in [6.07, 6.45) is 1.58. The highest BCUT2D eigenvalue weighted by atomic mass is 19.1. The van der Waals surface area contributed by atoms with Gasteiger partial charge >= 0.3 is 5.97 Å². The third kappa shape index (κ3) is 8.25. The Hall–Kier alpha value is -3.68. The van der Waals surface area contributed by atoms with Crippen LogP contribution in [0.25, 0.3) is 0 Å². The average Bonchev–Trinajstić information content (AvgIpc) is 2.68. The van der Waals surface area contributed by atoms with Crippen LogP contribution in [0.5, 0.6) is 5.75 Å². The molecule has 5 N–H and O–H groups in total. The minimum Gasteiger partial charge on any atom is -0.489 e. The topological polar surface area (TPSA) is 116 Å². The van der Waals surface area contributed by atoms with Gasteiger partial charge in [0.05, 0.1) is 11.1 Å². The predicted octanol–water partition coefficient (Wildman–Crippen LogP) is 3.39. The summed E-state index contributed by atoms with van der Waals surface area (Å²) in [5.41, 5.74) is 12.4. The Morgan fingerprint density at radius 1 is 1.10 bits per heavy atom.